The number of ketones is 1. The Balaban J connectivity index is 2.73. The number of hydrogen-bond donors (Lipinski definition) is 1. The molecule has 6 heteroatoms. The third kappa shape index (κ3) is 4.20. The predicted octanol–water partition coefficient (Wildman–Crippen LogP) is 1.87. The van der Waals surface area contributed by atoms with E-state index < -0.39 is 23.9 Å². The average Bonchev–Trinajstić information content (AvgIpc) is 2.28. The number of halogens is 3. The van der Waals surface area contributed by atoms with Gasteiger partial charge in [0.25, 0.3) is 0 Å². The van der Waals surface area contributed by atoms with Gasteiger partial charge >= 0.3 is 12.1 Å². The van der Waals surface area contributed by atoms with E-state index in [1.54, 1.807) is 35.6 Å². The highest BCUT2D eigenvalue weighted by molar-refractivity contribution is 5.89. The summed E-state index contributed by atoms with van der Waals surface area (Å²) in [6.07, 6.45) is -4.94. The molecular formula is C12H12F3NO2. The van der Waals surface area contributed by atoms with Gasteiger partial charge in [-0.25, -0.2) is 0 Å². The second kappa shape index (κ2) is 5.66. The highest BCUT2D eigenvalue weighted by atomic mass is 19.4. The van der Waals surface area contributed by atoms with Crippen LogP contribution in [0.2, 0.25) is 0 Å². The van der Waals surface area contributed by atoms with Gasteiger partial charge in [-0.3, -0.25) is 9.59 Å². The van der Waals surface area contributed by atoms with Gasteiger partial charge in [0.1, 0.15) is 0 Å². The van der Waals surface area contributed by atoms with Crippen molar-refractivity contribution in [2.24, 2.45) is 0 Å². The summed E-state index contributed by atoms with van der Waals surface area (Å²) >= 11 is 0. The summed E-state index contributed by atoms with van der Waals surface area (Å²) < 4.78 is 36.3. The van der Waals surface area contributed by atoms with Crippen LogP contribution in [0.4, 0.5) is 13.2 Å². The third-order valence-corrected chi connectivity index (χ3v) is 2.34. The number of alkyl halides is 3. The average molecular weight is 259 g/mol. The van der Waals surface area contributed by atoms with Crippen molar-refractivity contribution in [2.75, 3.05) is 0 Å². The number of carbonyl (C=O) groups is 2. The molecule has 1 amide bonds. The molecule has 0 bridgehead atoms. The quantitative estimate of drug-likeness (QED) is 0.897. The Morgan fingerprint density at radius 2 is 1.78 bits per heavy atom. The third-order valence-electron chi connectivity index (χ3n) is 2.34. The zero-order valence-corrected chi connectivity index (χ0v) is 9.62. The molecule has 0 saturated heterocycles. The zero-order valence-electron chi connectivity index (χ0n) is 9.62. The van der Waals surface area contributed by atoms with Crippen molar-refractivity contribution in [2.45, 2.75) is 25.6 Å². The van der Waals surface area contributed by atoms with Crippen LogP contribution >= 0.6 is 0 Å². The van der Waals surface area contributed by atoms with Gasteiger partial charge in [0.05, 0.1) is 6.04 Å². The maximum Gasteiger partial charge on any atom is 0.471 e. The van der Waals surface area contributed by atoms with Gasteiger partial charge in [-0.15, -0.1) is 0 Å². The highest BCUT2D eigenvalue weighted by Gasteiger charge is 2.40. The van der Waals surface area contributed by atoms with Crippen LogP contribution in [0.15, 0.2) is 30.3 Å². The molecule has 3 nitrogen and oxygen atoms in total. The molecule has 0 aliphatic heterocycles. The van der Waals surface area contributed by atoms with Crippen LogP contribution < -0.4 is 5.32 Å². The first-order chi connectivity index (χ1) is 8.30. The Bertz CT molecular complexity index is 429. The van der Waals surface area contributed by atoms with E-state index >= 15 is 0 Å². The standard InChI is InChI=1S/C12H12F3NO2/c1-8(17)10(16-11(18)12(13,14)15)7-9-5-3-2-4-6-9/h2-6,10H,7H2,1H3,(H,16,18). The minimum Gasteiger partial charge on any atom is -0.338 e. The Hall–Kier alpha value is -1.85. The van der Waals surface area contributed by atoms with E-state index in [0.29, 0.717) is 5.56 Å². The van der Waals surface area contributed by atoms with Crippen LogP contribution in [0.5, 0.6) is 0 Å². The Labute approximate surface area is 102 Å². The Morgan fingerprint density at radius 1 is 1.22 bits per heavy atom. The maximum atomic E-state index is 12.1. The number of benzene rings is 1. The fourth-order valence-corrected chi connectivity index (χ4v) is 1.39. The molecule has 1 aromatic rings. The smallest absolute Gasteiger partial charge is 0.338 e. The van der Waals surface area contributed by atoms with Gasteiger partial charge in [-0.2, -0.15) is 13.2 Å². The molecule has 0 fully saturated rings. The summed E-state index contributed by atoms with van der Waals surface area (Å²) in [4.78, 5) is 22.0. The molecule has 0 aliphatic rings. The van der Waals surface area contributed by atoms with Gasteiger partial charge in [0.15, 0.2) is 5.78 Å². The monoisotopic (exact) mass is 259 g/mol. The molecule has 0 heterocycles. The number of carbonyl (C=O) groups excluding carboxylic acids is 2. The molecule has 1 rings (SSSR count). The lowest BCUT2D eigenvalue weighted by Gasteiger charge is -2.17. The van der Waals surface area contributed by atoms with Gasteiger partial charge in [0, 0.05) is 0 Å². The van der Waals surface area contributed by atoms with Crippen LogP contribution in [-0.4, -0.2) is 23.9 Å². The second-order valence-corrected chi connectivity index (χ2v) is 3.82. The predicted molar refractivity (Wildman–Crippen MR) is 58.8 cm³/mol. The number of amides is 1. The molecular weight excluding hydrogens is 247 g/mol. The summed E-state index contributed by atoms with van der Waals surface area (Å²) in [6.45, 7) is 1.14. The molecule has 0 aromatic heterocycles. The fourth-order valence-electron chi connectivity index (χ4n) is 1.39. The van der Waals surface area contributed by atoms with E-state index in [4.69, 9.17) is 0 Å². The van der Waals surface area contributed by atoms with E-state index in [9.17, 15) is 22.8 Å². The lowest BCUT2D eigenvalue weighted by atomic mass is 10.0. The SMILES string of the molecule is CC(=O)C(Cc1ccccc1)NC(=O)C(F)(F)F. The minimum atomic E-state index is -4.98. The molecule has 0 radical (unpaired) electrons. The summed E-state index contributed by atoms with van der Waals surface area (Å²) in [6, 6.07) is 7.35. The Morgan fingerprint density at radius 3 is 2.22 bits per heavy atom. The van der Waals surface area contributed by atoms with E-state index in [0.717, 1.165) is 6.92 Å². The topological polar surface area (TPSA) is 46.2 Å². The van der Waals surface area contributed by atoms with Crippen molar-refractivity contribution in [3.8, 4) is 0 Å². The largest absolute Gasteiger partial charge is 0.471 e. The van der Waals surface area contributed by atoms with Crippen molar-refractivity contribution in [1.82, 2.24) is 5.32 Å². The normalized spacial score (nSPS) is 12.9. The maximum absolute atomic E-state index is 12.1. The molecule has 0 spiro atoms. The number of nitrogens with one attached hydrogen (secondary N) is 1. The van der Waals surface area contributed by atoms with Gasteiger partial charge in [0.2, 0.25) is 0 Å². The highest BCUT2D eigenvalue weighted by Crippen LogP contribution is 2.15. The van der Waals surface area contributed by atoms with Crippen molar-refractivity contribution in [1.29, 1.82) is 0 Å². The molecule has 1 N–H and O–H groups in total. The van der Waals surface area contributed by atoms with Crippen LogP contribution in [0, 0.1) is 0 Å². The van der Waals surface area contributed by atoms with E-state index in [-0.39, 0.29) is 6.42 Å². The summed E-state index contributed by atoms with van der Waals surface area (Å²) in [5, 5.41) is 1.69. The first-order valence-corrected chi connectivity index (χ1v) is 5.23. The fraction of sp³-hybridized carbons (Fsp3) is 0.333. The number of rotatable bonds is 4. The molecule has 98 valence electrons. The Kier molecular flexibility index (Phi) is 4.47. The number of hydrogen-bond acceptors (Lipinski definition) is 2. The summed E-state index contributed by atoms with van der Waals surface area (Å²) in [7, 11) is 0. The lowest BCUT2D eigenvalue weighted by Crippen LogP contribution is -2.47. The van der Waals surface area contributed by atoms with Crippen molar-refractivity contribution in [3.05, 3.63) is 35.9 Å². The zero-order chi connectivity index (χ0) is 13.8. The second-order valence-electron chi connectivity index (χ2n) is 3.82. The van der Waals surface area contributed by atoms with E-state index in [1.807, 2.05) is 0 Å². The minimum absolute atomic E-state index is 0.0397. The van der Waals surface area contributed by atoms with Gasteiger partial charge < -0.3 is 5.32 Å². The molecule has 1 aromatic carbocycles. The molecule has 18 heavy (non-hydrogen) atoms. The van der Waals surface area contributed by atoms with E-state index in [1.165, 1.54) is 0 Å². The first-order valence-electron chi connectivity index (χ1n) is 5.23. The van der Waals surface area contributed by atoms with Crippen molar-refractivity contribution < 1.29 is 22.8 Å². The molecule has 1 unspecified atom stereocenters. The summed E-state index contributed by atoms with van der Waals surface area (Å²) in [5.74, 6) is -2.62. The number of Topliss-reactive ketones (excluding diaryl/α,β-unsaturated/α-hetero) is 1. The van der Waals surface area contributed by atoms with Crippen molar-refractivity contribution in [3.63, 3.8) is 0 Å². The lowest BCUT2D eigenvalue weighted by molar-refractivity contribution is -0.174. The van der Waals surface area contributed by atoms with E-state index in [2.05, 4.69) is 0 Å². The molecule has 0 saturated carbocycles. The van der Waals surface area contributed by atoms with Crippen LogP contribution in [0.3, 0.4) is 0 Å². The molecule has 0 aliphatic carbocycles. The van der Waals surface area contributed by atoms with Crippen LogP contribution in [0.25, 0.3) is 0 Å². The molecule has 1 atom stereocenters. The first kappa shape index (κ1) is 14.2. The summed E-state index contributed by atoms with van der Waals surface area (Å²) in [5.41, 5.74) is 0.681. The van der Waals surface area contributed by atoms with Crippen LogP contribution in [0.1, 0.15) is 12.5 Å². The van der Waals surface area contributed by atoms with Gasteiger partial charge in [-0.1, -0.05) is 30.3 Å². The van der Waals surface area contributed by atoms with Crippen molar-refractivity contribution >= 4 is 11.7 Å². The van der Waals surface area contributed by atoms with Crippen LogP contribution in [-0.2, 0) is 16.0 Å². The van der Waals surface area contributed by atoms with Gasteiger partial charge in [-0.05, 0) is 18.9 Å².